The number of nitrogens with one attached hydrogen (secondary N) is 3. The topological polar surface area (TPSA) is 95.4 Å². The molecule has 0 aliphatic heterocycles. The second-order valence-electron chi connectivity index (χ2n) is 7.99. The quantitative estimate of drug-likeness (QED) is 0.378. The lowest BCUT2D eigenvalue weighted by Crippen LogP contribution is -2.41. The van der Waals surface area contributed by atoms with Crippen LogP contribution in [0.5, 0.6) is 0 Å². The second-order valence-corrected chi connectivity index (χ2v) is 8.40. The molecule has 1 heterocycles. The van der Waals surface area contributed by atoms with Gasteiger partial charge >= 0.3 is 12.2 Å². The number of hydrogen-bond donors (Lipinski definition) is 4. The summed E-state index contributed by atoms with van der Waals surface area (Å²) >= 11 is 5.64. The molecule has 0 spiro atoms. The molecule has 4 rings (SSSR count). The Bertz CT molecular complexity index is 1240. The molecule has 1 unspecified atom stereocenters. The maximum absolute atomic E-state index is 13.1. The maximum atomic E-state index is 13.1. The number of alkyl halides is 3. The van der Waals surface area contributed by atoms with Crippen LogP contribution in [0, 0.1) is 0 Å². The Morgan fingerprint density at radius 2 is 2.06 bits per heavy atom. The van der Waals surface area contributed by atoms with Crippen molar-refractivity contribution >= 4 is 46.3 Å². The van der Waals surface area contributed by atoms with Crippen molar-refractivity contribution in [2.45, 2.75) is 38.0 Å². The average Bonchev–Trinajstić information content (AvgIpc) is 3.09. The SMILES string of the molecule is O=CNc1cccc2c1c1c(n2CCO)CCC(NC(=O)Nc2ccc(Cl)c(C(F)(F)F)c2)C1. The number of amides is 3. The number of nitrogens with zero attached hydrogens (tertiary/aromatic N) is 1. The molecule has 0 bridgehead atoms. The number of aliphatic hydroxyl groups excluding tert-OH is 1. The first kappa shape index (κ1) is 23.9. The first-order chi connectivity index (χ1) is 16.2. The van der Waals surface area contributed by atoms with Crippen LogP contribution >= 0.6 is 11.6 Å². The largest absolute Gasteiger partial charge is 0.417 e. The summed E-state index contributed by atoms with van der Waals surface area (Å²) < 4.78 is 41.3. The molecule has 7 nitrogen and oxygen atoms in total. The molecule has 0 saturated heterocycles. The van der Waals surface area contributed by atoms with Gasteiger partial charge in [0.25, 0.3) is 0 Å². The predicted molar refractivity (Wildman–Crippen MR) is 123 cm³/mol. The fourth-order valence-electron chi connectivity index (χ4n) is 4.54. The van der Waals surface area contributed by atoms with Crippen LogP contribution in [0.15, 0.2) is 36.4 Å². The van der Waals surface area contributed by atoms with E-state index < -0.39 is 22.8 Å². The third-order valence-corrected chi connectivity index (χ3v) is 6.22. The van der Waals surface area contributed by atoms with Gasteiger partial charge in [-0.3, -0.25) is 4.79 Å². The minimum Gasteiger partial charge on any atom is -0.395 e. The highest BCUT2D eigenvalue weighted by Gasteiger charge is 2.33. The molecule has 1 aromatic heterocycles. The molecule has 1 atom stereocenters. The van der Waals surface area contributed by atoms with Gasteiger partial charge in [0, 0.05) is 29.4 Å². The number of hydrogen-bond acceptors (Lipinski definition) is 3. The van der Waals surface area contributed by atoms with E-state index in [0.717, 1.165) is 34.3 Å². The van der Waals surface area contributed by atoms with Crippen LogP contribution in [-0.4, -0.2) is 34.8 Å². The Morgan fingerprint density at radius 1 is 1.26 bits per heavy atom. The molecular weight excluding hydrogens is 473 g/mol. The third-order valence-electron chi connectivity index (χ3n) is 5.89. The van der Waals surface area contributed by atoms with Crippen LogP contribution in [0.25, 0.3) is 10.9 Å². The number of carbonyl (C=O) groups excluding carboxylic acids is 2. The highest BCUT2D eigenvalue weighted by molar-refractivity contribution is 6.31. The van der Waals surface area contributed by atoms with Gasteiger partial charge in [0.15, 0.2) is 0 Å². The number of benzene rings is 2. The van der Waals surface area contributed by atoms with E-state index >= 15 is 0 Å². The fourth-order valence-corrected chi connectivity index (χ4v) is 4.76. The van der Waals surface area contributed by atoms with Crippen molar-refractivity contribution in [2.75, 3.05) is 17.2 Å². The molecule has 1 aliphatic rings. The fraction of sp³-hybridized carbons (Fsp3) is 0.304. The zero-order chi connectivity index (χ0) is 24.5. The summed E-state index contributed by atoms with van der Waals surface area (Å²) in [5.74, 6) is 0. The van der Waals surface area contributed by atoms with Gasteiger partial charge in [0.05, 0.1) is 28.4 Å². The molecule has 1 aliphatic carbocycles. The number of halogens is 4. The van der Waals surface area contributed by atoms with Crippen molar-refractivity contribution in [2.24, 2.45) is 0 Å². The van der Waals surface area contributed by atoms with E-state index in [9.17, 15) is 27.9 Å². The molecule has 180 valence electrons. The standard InChI is InChI=1S/C23H22ClF3N4O3/c24-17-6-4-14(11-16(17)23(25,26)27)30-22(34)29-13-5-7-19-15(10-13)21-18(28-12-33)2-1-3-20(21)31(19)8-9-32/h1-4,6,11-13,32H,5,7-10H2,(H,28,33)(H2,29,30,34). The molecule has 11 heteroatoms. The molecule has 3 amide bonds. The highest BCUT2D eigenvalue weighted by Crippen LogP contribution is 2.37. The Labute approximate surface area is 197 Å². The number of fused-ring (bicyclic) bond motifs is 3. The maximum Gasteiger partial charge on any atom is 0.417 e. The first-order valence-electron chi connectivity index (χ1n) is 10.6. The van der Waals surface area contributed by atoms with Crippen LogP contribution in [0.4, 0.5) is 29.3 Å². The van der Waals surface area contributed by atoms with E-state index in [0.29, 0.717) is 37.9 Å². The van der Waals surface area contributed by atoms with Crippen LogP contribution < -0.4 is 16.0 Å². The molecule has 3 aromatic rings. The number of rotatable bonds is 6. The van der Waals surface area contributed by atoms with Crippen molar-refractivity contribution < 1.29 is 27.9 Å². The van der Waals surface area contributed by atoms with E-state index in [2.05, 4.69) is 16.0 Å². The summed E-state index contributed by atoms with van der Waals surface area (Å²) in [4.78, 5) is 23.7. The molecule has 2 aromatic carbocycles. The summed E-state index contributed by atoms with van der Waals surface area (Å²) in [6.45, 7) is 0.347. The number of aromatic nitrogens is 1. The zero-order valence-corrected chi connectivity index (χ0v) is 18.6. The Balaban J connectivity index is 1.56. The van der Waals surface area contributed by atoms with Gasteiger partial charge in [-0.2, -0.15) is 13.2 Å². The van der Waals surface area contributed by atoms with Crippen molar-refractivity contribution in [3.63, 3.8) is 0 Å². The normalized spacial score (nSPS) is 15.6. The van der Waals surface area contributed by atoms with Crippen LogP contribution in [0.1, 0.15) is 23.2 Å². The van der Waals surface area contributed by atoms with Gasteiger partial charge in [0.1, 0.15) is 0 Å². The lowest BCUT2D eigenvalue weighted by atomic mass is 9.91. The lowest BCUT2D eigenvalue weighted by molar-refractivity contribution is -0.137. The van der Waals surface area contributed by atoms with Gasteiger partial charge < -0.3 is 25.6 Å². The molecule has 0 radical (unpaired) electrons. The van der Waals surface area contributed by atoms with Gasteiger partial charge in [-0.05, 0) is 55.2 Å². The number of aliphatic hydroxyl groups is 1. The van der Waals surface area contributed by atoms with Gasteiger partial charge in [-0.15, -0.1) is 0 Å². The van der Waals surface area contributed by atoms with Crippen LogP contribution in [0.3, 0.4) is 0 Å². The zero-order valence-electron chi connectivity index (χ0n) is 17.9. The highest BCUT2D eigenvalue weighted by atomic mass is 35.5. The number of carbonyl (C=O) groups is 2. The Kier molecular flexibility index (Phi) is 6.72. The van der Waals surface area contributed by atoms with E-state index in [1.54, 1.807) is 6.07 Å². The van der Waals surface area contributed by atoms with Crippen molar-refractivity contribution in [3.8, 4) is 0 Å². The summed E-state index contributed by atoms with van der Waals surface area (Å²) in [5.41, 5.74) is 2.43. The van der Waals surface area contributed by atoms with Gasteiger partial charge in [-0.1, -0.05) is 17.7 Å². The van der Waals surface area contributed by atoms with E-state index in [4.69, 9.17) is 11.6 Å². The van der Waals surface area contributed by atoms with Crippen LogP contribution in [0.2, 0.25) is 5.02 Å². The third kappa shape index (κ3) is 4.69. The summed E-state index contributed by atoms with van der Waals surface area (Å²) in [5, 5.41) is 17.9. The smallest absolute Gasteiger partial charge is 0.395 e. The molecule has 34 heavy (non-hydrogen) atoms. The summed E-state index contributed by atoms with van der Waals surface area (Å²) in [7, 11) is 0. The van der Waals surface area contributed by atoms with Gasteiger partial charge in [-0.25, -0.2) is 4.79 Å². The summed E-state index contributed by atoms with van der Waals surface area (Å²) in [6, 6.07) is 7.78. The molecule has 4 N–H and O–H groups in total. The Morgan fingerprint density at radius 3 is 2.76 bits per heavy atom. The lowest BCUT2D eigenvalue weighted by Gasteiger charge is -2.25. The molecule has 0 fully saturated rings. The van der Waals surface area contributed by atoms with Crippen LogP contribution in [-0.2, 0) is 30.4 Å². The minimum atomic E-state index is -4.64. The minimum absolute atomic E-state index is 0.0252. The second kappa shape index (κ2) is 9.55. The predicted octanol–water partition coefficient (Wildman–Crippen LogP) is 4.55. The molecular formula is C23H22ClF3N4O3. The first-order valence-corrected chi connectivity index (χ1v) is 11.0. The van der Waals surface area contributed by atoms with Crippen molar-refractivity contribution in [3.05, 3.63) is 58.2 Å². The molecule has 0 saturated carbocycles. The van der Waals surface area contributed by atoms with E-state index in [-0.39, 0.29) is 18.3 Å². The van der Waals surface area contributed by atoms with E-state index in [1.807, 2.05) is 16.7 Å². The van der Waals surface area contributed by atoms with Crippen molar-refractivity contribution in [1.29, 1.82) is 0 Å². The number of anilines is 2. The van der Waals surface area contributed by atoms with Gasteiger partial charge in [0.2, 0.25) is 6.41 Å². The Hall–Kier alpha value is -3.24. The van der Waals surface area contributed by atoms with E-state index in [1.165, 1.54) is 6.07 Å². The van der Waals surface area contributed by atoms with Crippen molar-refractivity contribution in [1.82, 2.24) is 9.88 Å². The number of urea groups is 1. The monoisotopic (exact) mass is 494 g/mol. The summed E-state index contributed by atoms with van der Waals surface area (Å²) in [6.07, 6.45) is -2.36. The average molecular weight is 495 g/mol.